The number of likely N-dealkylation sites (tertiary alicyclic amines) is 1. The second kappa shape index (κ2) is 9.32. The predicted octanol–water partition coefficient (Wildman–Crippen LogP) is 3.31. The number of pyridine rings is 1. The van der Waals surface area contributed by atoms with Gasteiger partial charge in [0.1, 0.15) is 0 Å². The summed E-state index contributed by atoms with van der Waals surface area (Å²) >= 11 is 0. The standard InChI is InChI=1S/C27H31N9O2/c1-17-21(10-18(11-28-17)32-25(37)16-34-8-5-7-27(34,2)3)33-26(38)20-13-31-36-15-22(29-14-24(20)36)19-12-30-35-9-4-6-23(19)35/h10-15H,4-9,16H2,1-3H3,(H,32,37)(H,33,38). The molecule has 6 heterocycles. The lowest BCUT2D eigenvalue weighted by Crippen LogP contribution is -2.42. The van der Waals surface area contributed by atoms with E-state index in [1.54, 1.807) is 23.0 Å². The third-order valence-electron chi connectivity index (χ3n) is 7.68. The number of aryl methyl sites for hydroxylation is 2. The molecule has 1 saturated heterocycles. The number of amides is 2. The second-order valence-corrected chi connectivity index (χ2v) is 10.7. The minimum atomic E-state index is -0.326. The molecule has 0 aromatic carbocycles. The Labute approximate surface area is 220 Å². The first-order chi connectivity index (χ1) is 18.3. The lowest BCUT2D eigenvalue weighted by atomic mass is 10.0. The van der Waals surface area contributed by atoms with Crippen molar-refractivity contribution in [1.82, 2.24) is 34.3 Å². The number of nitrogens with zero attached hydrogens (tertiary/aromatic N) is 7. The van der Waals surface area contributed by atoms with Gasteiger partial charge in [-0.1, -0.05) is 0 Å². The molecule has 196 valence electrons. The quantitative estimate of drug-likeness (QED) is 0.406. The van der Waals surface area contributed by atoms with Crippen molar-refractivity contribution in [1.29, 1.82) is 0 Å². The fraction of sp³-hybridized carbons (Fsp3) is 0.407. The maximum Gasteiger partial charge on any atom is 0.259 e. The molecule has 2 aliphatic rings. The van der Waals surface area contributed by atoms with E-state index in [2.05, 4.69) is 49.5 Å². The Balaban J connectivity index is 1.17. The maximum absolute atomic E-state index is 13.2. The van der Waals surface area contributed by atoms with Crippen molar-refractivity contribution < 1.29 is 9.59 Å². The highest BCUT2D eigenvalue weighted by molar-refractivity contribution is 6.09. The van der Waals surface area contributed by atoms with Crippen molar-refractivity contribution >= 4 is 28.7 Å². The highest BCUT2D eigenvalue weighted by atomic mass is 16.2. The molecule has 0 saturated carbocycles. The van der Waals surface area contributed by atoms with Gasteiger partial charge >= 0.3 is 0 Å². The summed E-state index contributed by atoms with van der Waals surface area (Å²) in [6.07, 6.45) is 12.7. The number of anilines is 2. The lowest BCUT2D eigenvalue weighted by molar-refractivity contribution is -0.118. The molecule has 1 fully saturated rings. The van der Waals surface area contributed by atoms with Gasteiger partial charge in [-0.15, -0.1) is 0 Å². The Kier molecular flexibility index (Phi) is 5.94. The second-order valence-electron chi connectivity index (χ2n) is 10.7. The van der Waals surface area contributed by atoms with Crippen LogP contribution in [0, 0.1) is 6.92 Å². The van der Waals surface area contributed by atoms with Gasteiger partial charge in [-0.2, -0.15) is 10.2 Å². The summed E-state index contributed by atoms with van der Waals surface area (Å²) in [6, 6.07) is 1.73. The smallest absolute Gasteiger partial charge is 0.259 e. The van der Waals surface area contributed by atoms with Crippen LogP contribution in [0.15, 0.2) is 37.1 Å². The molecule has 38 heavy (non-hydrogen) atoms. The van der Waals surface area contributed by atoms with E-state index >= 15 is 0 Å². The van der Waals surface area contributed by atoms with Gasteiger partial charge in [-0.3, -0.25) is 29.1 Å². The molecule has 0 bridgehead atoms. The first kappa shape index (κ1) is 24.2. The van der Waals surface area contributed by atoms with Crippen molar-refractivity contribution in [3.8, 4) is 11.3 Å². The molecule has 0 aliphatic carbocycles. The molecule has 4 aromatic heterocycles. The van der Waals surface area contributed by atoms with Gasteiger partial charge in [0.05, 0.1) is 71.4 Å². The van der Waals surface area contributed by atoms with Gasteiger partial charge in [0.25, 0.3) is 5.91 Å². The predicted molar refractivity (Wildman–Crippen MR) is 143 cm³/mol. The number of fused-ring (bicyclic) bond motifs is 2. The zero-order valence-electron chi connectivity index (χ0n) is 21.9. The molecule has 2 amide bonds. The van der Waals surface area contributed by atoms with E-state index in [0.29, 0.717) is 34.7 Å². The van der Waals surface area contributed by atoms with E-state index < -0.39 is 0 Å². The van der Waals surface area contributed by atoms with Crippen LogP contribution in [0.2, 0.25) is 0 Å². The van der Waals surface area contributed by atoms with Gasteiger partial charge in [0.15, 0.2) is 0 Å². The zero-order chi connectivity index (χ0) is 26.4. The van der Waals surface area contributed by atoms with Gasteiger partial charge in [-0.05, 0) is 59.1 Å². The number of aromatic nitrogens is 6. The fourth-order valence-electron chi connectivity index (χ4n) is 5.42. The summed E-state index contributed by atoms with van der Waals surface area (Å²) in [5.41, 5.74) is 5.67. The van der Waals surface area contributed by atoms with Crippen molar-refractivity contribution in [3.63, 3.8) is 0 Å². The Hall–Kier alpha value is -4.12. The minimum absolute atomic E-state index is 0.0189. The van der Waals surface area contributed by atoms with E-state index in [4.69, 9.17) is 0 Å². The molecule has 0 radical (unpaired) electrons. The summed E-state index contributed by atoms with van der Waals surface area (Å²) in [5, 5.41) is 14.7. The molecule has 0 spiro atoms. The normalized spacial score (nSPS) is 16.6. The molecule has 4 aromatic rings. The SMILES string of the molecule is Cc1ncc(NC(=O)CN2CCCC2(C)C)cc1NC(=O)c1cnn2cc(-c3cnn4c3CCC4)ncc12. The molecule has 6 rings (SSSR count). The Bertz CT molecular complexity index is 1550. The van der Waals surface area contributed by atoms with Crippen LogP contribution in [0.4, 0.5) is 11.4 Å². The largest absolute Gasteiger partial charge is 0.324 e. The number of rotatable bonds is 6. The molecule has 0 atom stereocenters. The number of carbonyl (C=O) groups excluding carboxylic acids is 2. The summed E-state index contributed by atoms with van der Waals surface area (Å²) in [4.78, 5) is 37.1. The third kappa shape index (κ3) is 4.43. The lowest BCUT2D eigenvalue weighted by Gasteiger charge is -2.30. The van der Waals surface area contributed by atoms with Crippen molar-refractivity contribution in [2.45, 2.75) is 58.5 Å². The van der Waals surface area contributed by atoms with Crippen molar-refractivity contribution in [2.75, 3.05) is 23.7 Å². The van der Waals surface area contributed by atoms with Gasteiger partial charge in [0, 0.05) is 23.3 Å². The first-order valence-electron chi connectivity index (χ1n) is 13.0. The molecule has 2 N–H and O–H groups in total. The van der Waals surface area contributed by atoms with E-state index in [1.165, 1.54) is 11.9 Å². The number of hydrogen-bond donors (Lipinski definition) is 2. The minimum Gasteiger partial charge on any atom is -0.324 e. The summed E-state index contributed by atoms with van der Waals surface area (Å²) in [5.74, 6) is -0.426. The summed E-state index contributed by atoms with van der Waals surface area (Å²) in [7, 11) is 0. The Morgan fingerprint density at radius 1 is 1.03 bits per heavy atom. The van der Waals surface area contributed by atoms with E-state index in [1.807, 2.05) is 24.0 Å². The average Bonchev–Trinajstić information content (AvgIpc) is 3.65. The van der Waals surface area contributed by atoms with E-state index in [-0.39, 0.29) is 17.4 Å². The summed E-state index contributed by atoms with van der Waals surface area (Å²) in [6.45, 7) is 8.29. The molecule has 0 unspecified atom stereocenters. The highest BCUT2D eigenvalue weighted by Crippen LogP contribution is 2.29. The van der Waals surface area contributed by atoms with Crippen LogP contribution in [-0.2, 0) is 17.8 Å². The molecule has 11 nitrogen and oxygen atoms in total. The highest BCUT2D eigenvalue weighted by Gasteiger charge is 2.33. The summed E-state index contributed by atoms with van der Waals surface area (Å²) < 4.78 is 3.68. The van der Waals surface area contributed by atoms with Crippen LogP contribution < -0.4 is 10.6 Å². The molecular weight excluding hydrogens is 482 g/mol. The number of hydrogen-bond acceptors (Lipinski definition) is 7. The first-order valence-corrected chi connectivity index (χ1v) is 13.0. The third-order valence-corrected chi connectivity index (χ3v) is 7.68. The molecule has 2 aliphatic heterocycles. The van der Waals surface area contributed by atoms with Crippen LogP contribution in [-0.4, -0.2) is 64.7 Å². The van der Waals surface area contributed by atoms with Crippen LogP contribution in [0.3, 0.4) is 0 Å². The number of carbonyl (C=O) groups is 2. The zero-order valence-corrected chi connectivity index (χ0v) is 21.9. The van der Waals surface area contributed by atoms with Gasteiger partial charge < -0.3 is 10.6 Å². The van der Waals surface area contributed by atoms with Crippen molar-refractivity contribution in [3.05, 3.63) is 54.0 Å². The Morgan fingerprint density at radius 2 is 1.89 bits per heavy atom. The van der Waals surface area contributed by atoms with Crippen LogP contribution >= 0.6 is 0 Å². The molecular formula is C27H31N9O2. The van der Waals surface area contributed by atoms with Crippen LogP contribution in [0.1, 0.15) is 54.9 Å². The monoisotopic (exact) mass is 513 g/mol. The Morgan fingerprint density at radius 3 is 2.71 bits per heavy atom. The van der Waals surface area contributed by atoms with Gasteiger partial charge in [0.2, 0.25) is 5.91 Å². The van der Waals surface area contributed by atoms with Crippen molar-refractivity contribution in [2.24, 2.45) is 0 Å². The molecule has 11 heteroatoms. The maximum atomic E-state index is 13.2. The van der Waals surface area contributed by atoms with Crippen LogP contribution in [0.5, 0.6) is 0 Å². The van der Waals surface area contributed by atoms with Crippen LogP contribution in [0.25, 0.3) is 16.8 Å². The average molecular weight is 514 g/mol. The van der Waals surface area contributed by atoms with E-state index in [0.717, 1.165) is 50.0 Å². The van der Waals surface area contributed by atoms with E-state index in [9.17, 15) is 9.59 Å². The van der Waals surface area contributed by atoms with Gasteiger partial charge in [-0.25, -0.2) is 4.52 Å². The topological polar surface area (TPSA) is 122 Å². The number of nitrogens with one attached hydrogen (secondary N) is 2. The fourth-order valence-corrected chi connectivity index (χ4v) is 5.42.